The highest BCUT2D eigenvalue weighted by molar-refractivity contribution is 5.99. The first-order valence-corrected chi connectivity index (χ1v) is 13.4. The van der Waals surface area contributed by atoms with E-state index in [9.17, 15) is 18.0 Å². The number of hydrogen-bond donors (Lipinski definition) is 2. The molecule has 0 atom stereocenters. The number of aryl methyl sites for hydroxylation is 2. The Hall–Kier alpha value is -3.86. The fourth-order valence-corrected chi connectivity index (χ4v) is 5.30. The fourth-order valence-electron chi connectivity index (χ4n) is 5.30. The van der Waals surface area contributed by atoms with Gasteiger partial charge in [-0.1, -0.05) is 12.1 Å². The molecule has 11 heteroatoms. The molecule has 5 rings (SSSR count). The second-order valence-electron chi connectivity index (χ2n) is 10.3. The highest BCUT2D eigenvalue weighted by atomic mass is 19.4. The maximum atomic E-state index is 13.8. The molecule has 0 aliphatic carbocycles. The van der Waals surface area contributed by atoms with E-state index in [1.165, 1.54) is 0 Å². The average molecular weight is 555 g/mol. The summed E-state index contributed by atoms with van der Waals surface area (Å²) in [4.78, 5) is 24.8. The van der Waals surface area contributed by atoms with E-state index in [0.717, 1.165) is 49.2 Å². The minimum absolute atomic E-state index is 0.0368. The molecule has 0 spiro atoms. The van der Waals surface area contributed by atoms with Crippen LogP contribution in [0.2, 0.25) is 0 Å². The number of piperazine rings is 1. The van der Waals surface area contributed by atoms with Crippen LogP contribution in [0.5, 0.6) is 5.75 Å². The molecule has 1 aromatic heterocycles. The maximum Gasteiger partial charge on any atom is 0.419 e. The maximum absolute atomic E-state index is 13.8. The number of halogens is 3. The third-order valence-electron chi connectivity index (χ3n) is 7.53. The van der Waals surface area contributed by atoms with Crippen molar-refractivity contribution in [2.24, 2.45) is 0 Å². The number of aromatic nitrogens is 2. The Labute approximate surface area is 231 Å². The molecule has 3 heterocycles. The Morgan fingerprint density at radius 3 is 2.58 bits per heavy atom. The molecule has 3 aromatic rings. The fraction of sp³-hybridized carbons (Fsp3) is 0.414. The first kappa shape index (κ1) is 27.7. The first-order valence-electron chi connectivity index (χ1n) is 13.4. The normalized spacial score (nSPS) is 15.8. The van der Waals surface area contributed by atoms with Gasteiger partial charge in [0.1, 0.15) is 5.75 Å². The second-order valence-corrected chi connectivity index (χ2v) is 10.3. The molecule has 1 saturated heterocycles. The molecular formula is C29H33F3N6O2. The standard InChI is InChI=1S/C29H33F3N6O2/c1-18(2)37-11-13-38(14-12-37)20-8-10-25(26(15-20)40-3)36-28-33-17-22(29(30,31)32)24(35-28)9-7-19-5-4-6-23-21(19)16-27(39)34-23/h4-6,8,10,15,17-18H,7,9,11-14,16H2,1-3H3,(H,34,39)(H,33,35,36). The summed E-state index contributed by atoms with van der Waals surface area (Å²) in [7, 11) is 1.55. The van der Waals surface area contributed by atoms with E-state index in [1.807, 2.05) is 24.3 Å². The summed E-state index contributed by atoms with van der Waals surface area (Å²) in [6, 6.07) is 11.6. The topological polar surface area (TPSA) is 82.6 Å². The van der Waals surface area contributed by atoms with E-state index < -0.39 is 11.7 Å². The molecule has 8 nitrogen and oxygen atoms in total. The highest BCUT2D eigenvalue weighted by Crippen LogP contribution is 2.35. The first-order chi connectivity index (χ1) is 19.1. The highest BCUT2D eigenvalue weighted by Gasteiger charge is 2.35. The lowest BCUT2D eigenvalue weighted by atomic mass is 9.98. The van der Waals surface area contributed by atoms with Crippen LogP contribution in [0.4, 0.5) is 36.2 Å². The molecule has 212 valence electrons. The smallest absolute Gasteiger partial charge is 0.419 e. The molecule has 0 radical (unpaired) electrons. The number of carbonyl (C=O) groups is 1. The van der Waals surface area contributed by atoms with Crippen LogP contribution in [0.25, 0.3) is 0 Å². The molecule has 2 N–H and O–H groups in total. The van der Waals surface area contributed by atoms with Crippen LogP contribution in [0, 0.1) is 0 Å². The van der Waals surface area contributed by atoms with E-state index in [2.05, 4.69) is 44.2 Å². The van der Waals surface area contributed by atoms with Crippen molar-refractivity contribution in [2.75, 3.05) is 48.8 Å². The van der Waals surface area contributed by atoms with Gasteiger partial charge in [0.15, 0.2) is 0 Å². The minimum Gasteiger partial charge on any atom is -0.494 e. The monoisotopic (exact) mass is 554 g/mol. The molecule has 0 saturated carbocycles. The zero-order valence-electron chi connectivity index (χ0n) is 22.8. The van der Waals surface area contributed by atoms with E-state index in [0.29, 0.717) is 29.6 Å². The van der Waals surface area contributed by atoms with E-state index in [1.54, 1.807) is 19.2 Å². The number of rotatable bonds is 8. The Morgan fingerprint density at radius 2 is 1.88 bits per heavy atom. The summed E-state index contributed by atoms with van der Waals surface area (Å²) in [5.41, 5.74) is 2.95. The third kappa shape index (κ3) is 5.99. The number of hydrogen-bond acceptors (Lipinski definition) is 7. The number of nitrogens with one attached hydrogen (secondary N) is 2. The van der Waals surface area contributed by atoms with Gasteiger partial charge in [0, 0.05) is 55.9 Å². The summed E-state index contributed by atoms with van der Waals surface area (Å²) < 4.78 is 47.1. The minimum atomic E-state index is -4.59. The Morgan fingerprint density at radius 1 is 1.10 bits per heavy atom. The van der Waals surface area contributed by atoms with Gasteiger partial charge in [-0.15, -0.1) is 0 Å². The van der Waals surface area contributed by atoms with Crippen molar-refractivity contribution in [3.05, 3.63) is 65.0 Å². The van der Waals surface area contributed by atoms with E-state index >= 15 is 0 Å². The molecule has 2 aromatic carbocycles. The van der Waals surface area contributed by atoms with E-state index in [-0.39, 0.29) is 30.4 Å². The van der Waals surface area contributed by atoms with Crippen molar-refractivity contribution < 1.29 is 22.7 Å². The number of anilines is 4. The Kier molecular flexibility index (Phi) is 7.84. The van der Waals surface area contributed by atoms with Crippen LogP contribution >= 0.6 is 0 Å². The second kappa shape index (κ2) is 11.3. The lowest BCUT2D eigenvalue weighted by Gasteiger charge is -2.38. The van der Waals surface area contributed by atoms with Crippen molar-refractivity contribution in [3.63, 3.8) is 0 Å². The summed E-state index contributed by atoms with van der Waals surface area (Å²) >= 11 is 0. The predicted molar refractivity (Wildman–Crippen MR) is 148 cm³/mol. The number of alkyl halides is 3. The van der Waals surface area contributed by atoms with Crippen LogP contribution in [0.3, 0.4) is 0 Å². The van der Waals surface area contributed by atoms with Crippen LogP contribution in [-0.4, -0.2) is 60.1 Å². The van der Waals surface area contributed by atoms with Crippen LogP contribution in [0.1, 0.15) is 36.2 Å². The van der Waals surface area contributed by atoms with Gasteiger partial charge in [0.2, 0.25) is 11.9 Å². The lowest BCUT2D eigenvalue weighted by molar-refractivity contribution is -0.138. The molecule has 0 unspecified atom stereocenters. The Bertz CT molecular complexity index is 1390. The zero-order chi connectivity index (χ0) is 28.4. The van der Waals surface area contributed by atoms with Crippen molar-refractivity contribution in [3.8, 4) is 5.75 Å². The van der Waals surface area contributed by atoms with Gasteiger partial charge in [-0.3, -0.25) is 9.69 Å². The predicted octanol–water partition coefficient (Wildman–Crippen LogP) is 5.06. The van der Waals surface area contributed by atoms with Crippen molar-refractivity contribution in [2.45, 2.75) is 45.3 Å². The van der Waals surface area contributed by atoms with Crippen LogP contribution < -0.4 is 20.3 Å². The molecule has 2 aliphatic heterocycles. The molecule has 40 heavy (non-hydrogen) atoms. The number of methoxy groups -OCH3 is 1. The summed E-state index contributed by atoms with van der Waals surface area (Å²) in [5, 5.41) is 5.82. The number of ether oxygens (including phenoxy) is 1. The summed E-state index contributed by atoms with van der Waals surface area (Å²) in [5.74, 6) is 0.477. The van der Waals surface area contributed by atoms with Crippen molar-refractivity contribution in [1.29, 1.82) is 0 Å². The summed E-state index contributed by atoms with van der Waals surface area (Å²) in [6.45, 7) is 8.13. The Balaban J connectivity index is 1.35. The van der Waals surface area contributed by atoms with Gasteiger partial charge in [-0.2, -0.15) is 13.2 Å². The van der Waals surface area contributed by atoms with Gasteiger partial charge in [0.25, 0.3) is 0 Å². The van der Waals surface area contributed by atoms with Crippen LogP contribution in [0.15, 0.2) is 42.6 Å². The molecule has 1 fully saturated rings. The van der Waals surface area contributed by atoms with Crippen molar-refractivity contribution in [1.82, 2.24) is 14.9 Å². The third-order valence-corrected chi connectivity index (χ3v) is 7.53. The van der Waals surface area contributed by atoms with E-state index in [4.69, 9.17) is 4.74 Å². The summed E-state index contributed by atoms with van der Waals surface area (Å²) in [6.07, 6.45) is -3.21. The van der Waals surface area contributed by atoms with Gasteiger partial charge < -0.3 is 20.3 Å². The molecule has 0 bridgehead atoms. The molecular weight excluding hydrogens is 521 g/mol. The number of carbonyl (C=O) groups excluding carboxylic acids is 1. The lowest BCUT2D eigenvalue weighted by Crippen LogP contribution is -2.48. The SMILES string of the molecule is COc1cc(N2CCN(C(C)C)CC2)ccc1Nc1ncc(C(F)(F)F)c(CCc2cccc3c2CC(=O)N3)n1. The number of nitrogens with zero attached hydrogens (tertiary/aromatic N) is 4. The number of benzene rings is 2. The van der Waals surface area contributed by atoms with Gasteiger partial charge in [-0.25, -0.2) is 9.97 Å². The van der Waals surface area contributed by atoms with Gasteiger partial charge in [0.05, 0.1) is 30.5 Å². The number of fused-ring (bicyclic) bond motifs is 1. The van der Waals surface area contributed by atoms with Crippen molar-refractivity contribution >= 4 is 28.9 Å². The van der Waals surface area contributed by atoms with Crippen LogP contribution in [-0.2, 0) is 30.2 Å². The largest absolute Gasteiger partial charge is 0.494 e. The average Bonchev–Trinajstić information content (AvgIpc) is 3.32. The number of amides is 1. The molecule has 2 aliphatic rings. The quantitative estimate of drug-likeness (QED) is 0.403. The van der Waals surface area contributed by atoms with Gasteiger partial charge in [-0.05, 0) is 56.0 Å². The van der Waals surface area contributed by atoms with Gasteiger partial charge >= 0.3 is 6.18 Å². The molecule has 1 amide bonds. The zero-order valence-corrected chi connectivity index (χ0v) is 22.8.